The van der Waals surface area contributed by atoms with Gasteiger partial charge in [0.25, 0.3) is 0 Å². The highest BCUT2D eigenvalue weighted by molar-refractivity contribution is 5.80. The lowest BCUT2D eigenvalue weighted by molar-refractivity contribution is -0.145. The number of nitrogens with zero attached hydrogens (tertiary/aromatic N) is 1. The SMILES string of the molecule is O=C(O)[C@@H]1CCCN(C(=O)Cc2c(F)cccc2F)C1. The van der Waals surface area contributed by atoms with Gasteiger partial charge < -0.3 is 10.0 Å². The second-order valence-electron chi connectivity index (χ2n) is 4.89. The number of piperidine rings is 1. The summed E-state index contributed by atoms with van der Waals surface area (Å²) in [5, 5.41) is 8.96. The molecule has 0 radical (unpaired) electrons. The number of carboxylic acids is 1. The van der Waals surface area contributed by atoms with Crippen molar-refractivity contribution in [2.45, 2.75) is 19.3 Å². The van der Waals surface area contributed by atoms with E-state index in [0.29, 0.717) is 19.4 Å². The minimum atomic E-state index is -0.945. The first-order valence-electron chi connectivity index (χ1n) is 6.42. The van der Waals surface area contributed by atoms with E-state index in [-0.39, 0.29) is 18.5 Å². The molecule has 0 aliphatic carbocycles. The molecule has 20 heavy (non-hydrogen) atoms. The molecule has 0 spiro atoms. The maximum absolute atomic E-state index is 13.5. The molecule has 1 amide bonds. The fraction of sp³-hybridized carbons (Fsp3) is 0.429. The Bertz CT molecular complexity index is 513. The van der Waals surface area contributed by atoms with Crippen LogP contribution in [0, 0.1) is 17.6 Å². The van der Waals surface area contributed by atoms with E-state index in [4.69, 9.17) is 5.11 Å². The topological polar surface area (TPSA) is 57.6 Å². The van der Waals surface area contributed by atoms with E-state index in [0.717, 1.165) is 12.1 Å². The first-order valence-corrected chi connectivity index (χ1v) is 6.42. The van der Waals surface area contributed by atoms with Gasteiger partial charge in [-0.05, 0) is 25.0 Å². The molecule has 1 aromatic carbocycles. The summed E-state index contributed by atoms with van der Waals surface area (Å²) in [5.74, 6) is -3.51. The van der Waals surface area contributed by atoms with Gasteiger partial charge in [-0.2, -0.15) is 0 Å². The second-order valence-corrected chi connectivity index (χ2v) is 4.89. The molecule has 1 fully saturated rings. The summed E-state index contributed by atoms with van der Waals surface area (Å²) in [6.07, 6.45) is 0.723. The third kappa shape index (κ3) is 3.12. The van der Waals surface area contributed by atoms with Crippen molar-refractivity contribution in [2.24, 2.45) is 5.92 Å². The maximum Gasteiger partial charge on any atom is 0.308 e. The molecule has 1 heterocycles. The van der Waals surface area contributed by atoms with Gasteiger partial charge in [0.15, 0.2) is 0 Å². The number of rotatable bonds is 3. The highest BCUT2D eigenvalue weighted by Gasteiger charge is 2.28. The van der Waals surface area contributed by atoms with Crippen LogP contribution >= 0.6 is 0 Å². The fourth-order valence-corrected chi connectivity index (χ4v) is 2.37. The predicted octanol–water partition coefficient (Wildman–Crippen LogP) is 1.83. The molecule has 1 atom stereocenters. The number of amides is 1. The molecule has 0 saturated carbocycles. The molecule has 4 nitrogen and oxygen atoms in total. The van der Waals surface area contributed by atoms with Gasteiger partial charge in [0.05, 0.1) is 12.3 Å². The highest BCUT2D eigenvalue weighted by Crippen LogP contribution is 2.19. The zero-order valence-electron chi connectivity index (χ0n) is 10.8. The average Bonchev–Trinajstić information content (AvgIpc) is 2.43. The molecular formula is C14H15F2NO3. The summed E-state index contributed by atoms with van der Waals surface area (Å²) >= 11 is 0. The first-order chi connectivity index (χ1) is 9.49. The maximum atomic E-state index is 13.5. The minimum Gasteiger partial charge on any atom is -0.481 e. The van der Waals surface area contributed by atoms with E-state index in [1.165, 1.54) is 11.0 Å². The monoisotopic (exact) mass is 283 g/mol. The molecule has 1 N–H and O–H groups in total. The highest BCUT2D eigenvalue weighted by atomic mass is 19.1. The standard InChI is InChI=1S/C14H15F2NO3/c15-11-4-1-5-12(16)10(11)7-13(18)17-6-2-3-9(8-17)14(19)20/h1,4-5,9H,2-3,6-8H2,(H,19,20)/t9-/m1/s1. The zero-order chi connectivity index (χ0) is 14.7. The van der Waals surface area contributed by atoms with E-state index >= 15 is 0 Å². The molecule has 0 bridgehead atoms. The summed E-state index contributed by atoms with van der Waals surface area (Å²) in [6, 6.07) is 3.43. The molecule has 1 aliphatic rings. The Balaban J connectivity index is 2.06. The number of carbonyl (C=O) groups is 2. The number of halogens is 2. The van der Waals surface area contributed by atoms with E-state index in [1.54, 1.807) is 0 Å². The van der Waals surface area contributed by atoms with Gasteiger partial charge in [0.1, 0.15) is 11.6 Å². The molecule has 1 saturated heterocycles. The Morgan fingerprint density at radius 3 is 2.55 bits per heavy atom. The van der Waals surface area contributed by atoms with Gasteiger partial charge in [0.2, 0.25) is 5.91 Å². The van der Waals surface area contributed by atoms with Crippen LogP contribution in [-0.4, -0.2) is 35.0 Å². The van der Waals surface area contributed by atoms with E-state index in [9.17, 15) is 18.4 Å². The first kappa shape index (κ1) is 14.4. The number of carbonyl (C=O) groups excluding carboxylic acids is 1. The lowest BCUT2D eigenvalue weighted by atomic mass is 9.97. The average molecular weight is 283 g/mol. The van der Waals surface area contributed by atoms with Crippen LogP contribution in [0.1, 0.15) is 18.4 Å². The molecule has 1 aliphatic heterocycles. The Morgan fingerprint density at radius 2 is 1.95 bits per heavy atom. The summed E-state index contributed by atoms with van der Waals surface area (Å²) < 4.78 is 27.0. The molecule has 0 unspecified atom stereocenters. The molecule has 2 rings (SSSR count). The largest absolute Gasteiger partial charge is 0.481 e. The Labute approximate surface area is 115 Å². The van der Waals surface area contributed by atoms with Crippen molar-refractivity contribution in [3.8, 4) is 0 Å². The van der Waals surface area contributed by atoms with Crippen molar-refractivity contribution in [3.63, 3.8) is 0 Å². The second kappa shape index (κ2) is 5.98. The Hall–Kier alpha value is -1.98. The number of benzene rings is 1. The molecular weight excluding hydrogens is 268 g/mol. The van der Waals surface area contributed by atoms with Crippen LogP contribution in [0.3, 0.4) is 0 Å². The van der Waals surface area contributed by atoms with Crippen molar-refractivity contribution in [1.82, 2.24) is 4.90 Å². The lowest BCUT2D eigenvalue weighted by Gasteiger charge is -2.30. The number of carboxylic acid groups (broad SMARTS) is 1. The Kier molecular flexibility index (Phi) is 4.32. The molecule has 6 heteroatoms. The van der Waals surface area contributed by atoms with Gasteiger partial charge in [0, 0.05) is 18.7 Å². The summed E-state index contributed by atoms with van der Waals surface area (Å²) in [5.41, 5.74) is -0.269. The minimum absolute atomic E-state index is 0.101. The van der Waals surface area contributed by atoms with Crippen molar-refractivity contribution >= 4 is 11.9 Å². The predicted molar refractivity (Wildman–Crippen MR) is 67.0 cm³/mol. The van der Waals surface area contributed by atoms with Crippen LogP contribution in [0.25, 0.3) is 0 Å². The molecule has 1 aromatic rings. The zero-order valence-corrected chi connectivity index (χ0v) is 10.8. The summed E-state index contributed by atoms with van der Waals surface area (Å²) in [6.45, 7) is 0.531. The van der Waals surface area contributed by atoms with Crippen LogP contribution in [-0.2, 0) is 16.0 Å². The van der Waals surface area contributed by atoms with Crippen LogP contribution < -0.4 is 0 Å². The summed E-state index contributed by atoms with van der Waals surface area (Å²) in [7, 11) is 0. The van der Waals surface area contributed by atoms with Gasteiger partial charge in [-0.15, -0.1) is 0 Å². The van der Waals surface area contributed by atoms with Crippen LogP contribution in [0.4, 0.5) is 8.78 Å². The number of hydrogen-bond donors (Lipinski definition) is 1. The summed E-state index contributed by atoms with van der Waals surface area (Å²) in [4.78, 5) is 24.3. The third-order valence-corrected chi connectivity index (χ3v) is 3.51. The van der Waals surface area contributed by atoms with Crippen LogP contribution in [0.15, 0.2) is 18.2 Å². The van der Waals surface area contributed by atoms with E-state index < -0.39 is 29.4 Å². The van der Waals surface area contributed by atoms with Gasteiger partial charge in [-0.3, -0.25) is 9.59 Å². The van der Waals surface area contributed by atoms with Crippen LogP contribution in [0.5, 0.6) is 0 Å². The number of likely N-dealkylation sites (tertiary alicyclic amines) is 1. The third-order valence-electron chi connectivity index (χ3n) is 3.51. The van der Waals surface area contributed by atoms with E-state index in [2.05, 4.69) is 0 Å². The molecule has 108 valence electrons. The van der Waals surface area contributed by atoms with Gasteiger partial charge in [-0.1, -0.05) is 6.07 Å². The smallest absolute Gasteiger partial charge is 0.308 e. The number of aliphatic carboxylic acids is 1. The number of hydrogen-bond acceptors (Lipinski definition) is 2. The van der Waals surface area contributed by atoms with Crippen molar-refractivity contribution in [3.05, 3.63) is 35.4 Å². The van der Waals surface area contributed by atoms with Crippen molar-refractivity contribution < 1.29 is 23.5 Å². The Morgan fingerprint density at radius 1 is 1.30 bits per heavy atom. The van der Waals surface area contributed by atoms with Gasteiger partial charge >= 0.3 is 5.97 Å². The van der Waals surface area contributed by atoms with Crippen molar-refractivity contribution in [1.29, 1.82) is 0 Å². The fourth-order valence-electron chi connectivity index (χ4n) is 2.37. The molecule has 0 aromatic heterocycles. The van der Waals surface area contributed by atoms with Crippen LogP contribution in [0.2, 0.25) is 0 Å². The quantitative estimate of drug-likeness (QED) is 0.920. The van der Waals surface area contributed by atoms with E-state index in [1.807, 2.05) is 0 Å². The van der Waals surface area contributed by atoms with Gasteiger partial charge in [-0.25, -0.2) is 8.78 Å². The lowest BCUT2D eigenvalue weighted by Crippen LogP contribution is -2.43. The normalized spacial score (nSPS) is 18.9. The van der Waals surface area contributed by atoms with Crippen molar-refractivity contribution in [2.75, 3.05) is 13.1 Å².